The third kappa shape index (κ3) is 7.78. The maximum atomic E-state index is 14.0. The Kier molecular flexibility index (Phi) is 10.1. The SMILES string of the molecule is Cc1ccc(-c2c(C)c(Br)c(N(Cc3cnc(C)o3)S(C)(=O)=O)c(C)c2[C@H](OC(C)(C)C)C(=O)OCc2ccccc2)cc1. The summed E-state index contributed by atoms with van der Waals surface area (Å²) in [6.07, 6.45) is 1.48. The van der Waals surface area contributed by atoms with E-state index < -0.39 is 27.7 Å². The van der Waals surface area contributed by atoms with Crippen molar-refractivity contribution in [3.8, 4) is 11.1 Å². The molecule has 0 aliphatic carbocycles. The van der Waals surface area contributed by atoms with E-state index in [0.29, 0.717) is 32.9 Å². The number of benzene rings is 3. The van der Waals surface area contributed by atoms with Gasteiger partial charge in [-0.15, -0.1) is 0 Å². The highest BCUT2D eigenvalue weighted by Gasteiger charge is 2.37. The molecule has 3 aromatic carbocycles. The topological polar surface area (TPSA) is 98.9 Å². The number of carbonyl (C=O) groups is 1. The molecule has 0 fully saturated rings. The summed E-state index contributed by atoms with van der Waals surface area (Å²) in [5, 5.41) is 0. The number of carbonyl (C=O) groups excluding carboxylic acids is 1. The van der Waals surface area contributed by atoms with Gasteiger partial charge in [-0.1, -0.05) is 60.2 Å². The first kappa shape index (κ1) is 33.4. The Morgan fingerprint density at radius 2 is 1.64 bits per heavy atom. The molecule has 4 aromatic rings. The fourth-order valence-corrected chi connectivity index (χ4v) is 6.80. The van der Waals surface area contributed by atoms with E-state index in [0.717, 1.165) is 34.1 Å². The van der Waals surface area contributed by atoms with E-state index in [-0.39, 0.29) is 13.2 Å². The fourth-order valence-electron chi connectivity index (χ4n) is 5.05. The van der Waals surface area contributed by atoms with Crippen molar-refractivity contribution >= 4 is 37.6 Å². The van der Waals surface area contributed by atoms with Crippen molar-refractivity contribution in [3.63, 3.8) is 0 Å². The van der Waals surface area contributed by atoms with Gasteiger partial charge >= 0.3 is 5.97 Å². The number of hydrogen-bond donors (Lipinski definition) is 0. The summed E-state index contributed by atoms with van der Waals surface area (Å²) in [6, 6.07) is 17.4. The minimum absolute atomic E-state index is 0.0608. The van der Waals surface area contributed by atoms with Crippen LogP contribution in [-0.4, -0.2) is 31.2 Å². The molecule has 0 spiro atoms. The van der Waals surface area contributed by atoms with Gasteiger partial charge in [-0.05, 0) is 85.3 Å². The monoisotopic (exact) mass is 682 g/mol. The maximum Gasteiger partial charge on any atom is 0.340 e. The number of esters is 1. The van der Waals surface area contributed by atoms with Gasteiger partial charge in [0.1, 0.15) is 12.4 Å². The lowest BCUT2D eigenvalue weighted by Crippen LogP contribution is -2.33. The molecule has 44 heavy (non-hydrogen) atoms. The van der Waals surface area contributed by atoms with Crippen molar-refractivity contribution in [2.75, 3.05) is 10.6 Å². The number of sulfonamides is 1. The van der Waals surface area contributed by atoms with Crippen molar-refractivity contribution in [1.82, 2.24) is 4.98 Å². The van der Waals surface area contributed by atoms with Crippen LogP contribution in [0.3, 0.4) is 0 Å². The molecule has 1 atom stereocenters. The molecule has 0 N–H and O–H groups in total. The van der Waals surface area contributed by atoms with Gasteiger partial charge in [0.2, 0.25) is 10.0 Å². The summed E-state index contributed by atoms with van der Waals surface area (Å²) in [5.41, 5.74) is 4.98. The van der Waals surface area contributed by atoms with Crippen LogP contribution in [-0.2, 0) is 37.4 Å². The lowest BCUT2D eigenvalue weighted by Gasteiger charge is -2.33. The number of aromatic nitrogens is 1. The molecule has 0 saturated carbocycles. The minimum Gasteiger partial charge on any atom is -0.459 e. The summed E-state index contributed by atoms with van der Waals surface area (Å²) in [4.78, 5) is 18.2. The molecule has 0 aliphatic heterocycles. The maximum absolute atomic E-state index is 14.0. The number of nitrogens with zero attached hydrogens (tertiary/aromatic N) is 2. The Hall–Kier alpha value is -3.47. The van der Waals surface area contributed by atoms with Crippen LogP contribution >= 0.6 is 15.9 Å². The Balaban J connectivity index is 2.00. The van der Waals surface area contributed by atoms with E-state index in [1.54, 1.807) is 13.8 Å². The summed E-state index contributed by atoms with van der Waals surface area (Å²) in [6.45, 7) is 13.0. The van der Waals surface area contributed by atoms with Crippen molar-refractivity contribution in [1.29, 1.82) is 0 Å². The van der Waals surface area contributed by atoms with E-state index in [1.165, 1.54) is 10.5 Å². The van der Waals surface area contributed by atoms with E-state index in [4.69, 9.17) is 13.9 Å². The summed E-state index contributed by atoms with van der Waals surface area (Å²) < 4.78 is 46.6. The first-order valence-corrected chi connectivity index (χ1v) is 16.9. The molecule has 8 nitrogen and oxygen atoms in total. The molecule has 0 radical (unpaired) electrons. The molecule has 1 aromatic heterocycles. The van der Waals surface area contributed by atoms with Gasteiger partial charge in [0.05, 0.1) is 30.3 Å². The highest BCUT2D eigenvalue weighted by atomic mass is 79.9. The lowest BCUT2D eigenvalue weighted by molar-refractivity contribution is -0.168. The second-order valence-electron chi connectivity index (χ2n) is 11.9. The molecule has 0 amide bonds. The summed E-state index contributed by atoms with van der Waals surface area (Å²) >= 11 is 3.74. The quantitative estimate of drug-likeness (QED) is 0.157. The van der Waals surface area contributed by atoms with Crippen LogP contribution in [0.15, 0.2) is 69.7 Å². The number of hydrogen-bond acceptors (Lipinski definition) is 7. The van der Waals surface area contributed by atoms with Crippen LogP contribution in [0, 0.1) is 27.7 Å². The molecular formula is C34H39BrN2O6S. The smallest absolute Gasteiger partial charge is 0.340 e. The molecule has 4 rings (SSSR count). The molecule has 0 unspecified atom stereocenters. The van der Waals surface area contributed by atoms with Crippen LogP contribution in [0.5, 0.6) is 0 Å². The Morgan fingerprint density at radius 1 is 1.00 bits per heavy atom. The average molecular weight is 684 g/mol. The lowest BCUT2D eigenvalue weighted by atomic mass is 9.87. The van der Waals surface area contributed by atoms with Crippen LogP contribution in [0.4, 0.5) is 5.69 Å². The van der Waals surface area contributed by atoms with Gasteiger partial charge in [-0.25, -0.2) is 18.2 Å². The fraction of sp³-hybridized carbons (Fsp3) is 0.353. The van der Waals surface area contributed by atoms with Crippen molar-refractivity contribution in [2.24, 2.45) is 0 Å². The average Bonchev–Trinajstić information content (AvgIpc) is 3.36. The predicted octanol–water partition coefficient (Wildman–Crippen LogP) is 7.90. The van der Waals surface area contributed by atoms with E-state index in [2.05, 4.69) is 20.9 Å². The van der Waals surface area contributed by atoms with Crippen molar-refractivity contribution < 1.29 is 27.1 Å². The first-order valence-electron chi connectivity index (χ1n) is 14.2. The van der Waals surface area contributed by atoms with Gasteiger partial charge in [0.25, 0.3) is 0 Å². The molecule has 1 heterocycles. The standard InChI is InChI=1S/C34H39BrN2O6S/c1-21-14-16-26(17-15-21)28-22(2)30(35)31(37(44(8,39)40)19-27-18-36-24(4)42-27)23(3)29(28)32(43-34(5,6)7)33(38)41-20-25-12-10-9-11-13-25/h9-18,32H,19-20H2,1-8H3/t32-/m0/s1. The van der Waals surface area contributed by atoms with Gasteiger partial charge < -0.3 is 13.9 Å². The Bertz CT molecular complexity index is 1740. The van der Waals surface area contributed by atoms with Crippen LogP contribution in [0.25, 0.3) is 11.1 Å². The normalized spacial score (nSPS) is 12.7. The number of ether oxygens (including phenoxy) is 2. The number of oxazole rings is 1. The zero-order valence-corrected chi connectivity index (χ0v) is 28.8. The second kappa shape index (κ2) is 13.3. The highest BCUT2D eigenvalue weighted by molar-refractivity contribution is 9.10. The van der Waals surface area contributed by atoms with Crippen LogP contribution in [0.1, 0.15) is 66.3 Å². The van der Waals surface area contributed by atoms with E-state index in [1.807, 2.05) is 89.2 Å². The van der Waals surface area contributed by atoms with Gasteiger partial charge in [-0.2, -0.15) is 0 Å². The van der Waals surface area contributed by atoms with E-state index >= 15 is 0 Å². The molecule has 10 heteroatoms. The zero-order valence-electron chi connectivity index (χ0n) is 26.4. The third-order valence-corrected chi connectivity index (χ3v) is 9.15. The Labute approximate surface area is 268 Å². The van der Waals surface area contributed by atoms with Crippen LogP contribution in [0.2, 0.25) is 0 Å². The van der Waals surface area contributed by atoms with E-state index in [9.17, 15) is 13.2 Å². The minimum atomic E-state index is -3.84. The number of halogens is 1. The summed E-state index contributed by atoms with van der Waals surface area (Å²) in [7, 11) is -3.84. The van der Waals surface area contributed by atoms with Crippen LogP contribution < -0.4 is 4.31 Å². The molecule has 0 aliphatic rings. The Morgan fingerprint density at radius 3 is 2.18 bits per heavy atom. The molecule has 234 valence electrons. The number of aryl methyl sites for hydroxylation is 2. The van der Waals surface area contributed by atoms with Gasteiger partial charge in [-0.3, -0.25) is 4.31 Å². The molecule has 0 saturated heterocycles. The third-order valence-electron chi connectivity index (χ3n) is 7.07. The number of anilines is 1. The van der Waals surface area contributed by atoms with Crippen molar-refractivity contribution in [2.45, 2.75) is 73.3 Å². The zero-order chi connectivity index (χ0) is 32.4. The number of rotatable bonds is 10. The summed E-state index contributed by atoms with van der Waals surface area (Å²) in [5.74, 6) is 0.228. The second-order valence-corrected chi connectivity index (χ2v) is 14.6. The van der Waals surface area contributed by atoms with Gasteiger partial charge in [0, 0.05) is 17.0 Å². The highest BCUT2D eigenvalue weighted by Crippen LogP contribution is 2.47. The first-order chi connectivity index (χ1) is 20.6. The molecule has 0 bridgehead atoms. The van der Waals surface area contributed by atoms with Crippen molar-refractivity contribution in [3.05, 3.63) is 105 Å². The molecular weight excluding hydrogens is 644 g/mol. The van der Waals surface area contributed by atoms with Gasteiger partial charge in [0.15, 0.2) is 12.0 Å². The predicted molar refractivity (Wildman–Crippen MR) is 176 cm³/mol. The largest absolute Gasteiger partial charge is 0.459 e.